The molecule has 0 amide bonds. The van der Waals surface area contributed by atoms with Crippen LogP contribution in [0.1, 0.15) is 47.1 Å². The Morgan fingerprint density at radius 3 is 2.44 bits per heavy atom. The summed E-state index contributed by atoms with van der Waals surface area (Å²) >= 11 is 11.7. The van der Waals surface area contributed by atoms with E-state index in [1.807, 2.05) is 47.9 Å². The first kappa shape index (κ1) is 23.9. The zero-order chi connectivity index (χ0) is 24.2. The molecule has 1 heterocycles. The van der Waals surface area contributed by atoms with Gasteiger partial charge in [-0.1, -0.05) is 55.8 Å². The number of carbonyl (C=O) groups is 1. The Bertz CT molecular complexity index is 1360. The van der Waals surface area contributed by atoms with Crippen molar-refractivity contribution in [3.63, 3.8) is 0 Å². The van der Waals surface area contributed by atoms with Crippen molar-refractivity contribution in [2.45, 2.75) is 39.8 Å². The molecule has 34 heavy (non-hydrogen) atoms. The third kappa shape index (κ3) is 5.29. The number of hydrogen-bond acceptors (Lipinski definition) is 4. The summed E-state index contributed by atoms with van der Waals surface area (Å²) in [5.41, 5.74) is 3.68. The second kappa shape index (κ2) is 10.4. The van der Waals surface area contributed by atoms with Gasteiger partial charge in [-0.15, -0.1) is 0 Å². The molecule has 0 aliphatic carbocycles. The number of para-hydroxylation sites is 1. The van der Waals surface area contributed by atoms with E-state index in [-0.39, 0.29) is 18.9 Å². The van der Waals surface area contributed by atoms with Crippen LogP contribution in [-0.4, -0.2) is 20.1 Å². The molecular formula is C27H26ClN3O2S. The van der Waals surface area contributed by atoms with Crippen LogP contribution in [0.25, 0.3) is 5.69 Å². The first-order valence-corrected chi connectivity index (χ1v) is 11.9. The highest BCUT2D eigenvalue weighted by atomic mass is 35.5. The lowest BCUT2D eigenvalue weighted by molar-refractivity contribution is 0.0966. The van der Waals surface area contributed by atoms with Crippen molar-refractivity contribution in [2.24, 2.45) is 0 Å². The van der Waals surface area contributed by atoms with Gasteiger partial charge in [-0.3, -0.25) is 9.36 Å². The van der Waals surface area contributed by atoms with Gasteiger partial charge in [-0.2, -0.15) is 5.10 Å². The molecule has 4 aromatic rings. The van der Waals surface area contributed by atoms with E-state index in [1.165, 1.54) is 0 Å². The van der Waals surface area contributed by atoms with Crippen LogP contribution >= 0.6 is 23.8 Å². The molecule has 0 aliphatic rings. The second-order valence-electron chi connectivity index (χ2n) is 8.44. The number of carbonyl (C=O) groups excluding carboxylic acids is 1. The molecular weight excluding hydrogens is 466 g/mol. The first-order valence-electron chi connectivity index (χ1n) is 11.1. The molecule has 7 heteroatoms. The van der Waals surface area contributed by atoms with E-state index in [1.54, 1.807) is 28.9 Å². The summed E-state index contributed by atoms with van der Waals surface area (Å²) in [7, 11) is 0. The highest BCUT2D eigenvalue weighted by molar-refractivity contribution is 7.71. The smallest absolute Gasteiger partial charge is 0.203 e. The molecule has 0 N–H and O–H groups in total. The normalized spacial score (nSPS) is 11.1. The SMILES string of the molecule is Cc1ccc(C(C)C)c(OCc2nn(CC(=O)c3ccc(Cl)cc3)c(=S)n2-c2ccccc2)c1. The van der Waals surface area contributed by atoms with E-state index in [0.717, 1.165) is 22.6 Å². The summed E-state index contributed by atoms with van der Waals surface area (Å²) in [5.74, 6) is 1.67. The lowest BCUT2D eigenvalue weighted by atomic mass is 10.0. The maximum Gasteiger partial charge on any atom is 0.203 e. The first-order chi connectivity index (χ1) is 16.3. The van der Waals surface area contributed by atoms with Crippen LogP contribution in [0.5, 0.6) is 5.75 Å². The molecule has 0 bridgehead atoms. The number of rotatable bonds is 8. The van der Waals surface area contributed by atoms with Gasteiger partial charge >= 0.3 is 0 Å². The van der Waals surface area contributed by atoms with Crippen molar-refractivity contribution in [1.29, 1.82) is 0 Å². The molecule has 0 saturated heterocycles. The van der Waals surface area contributed by atoms with Crippen molar-refractivity contribution in [3.8, 4) is 11.4 Å². The minimum atomic E-state index is -0.0984. The maximum atomic E-state index is 12.9. The average molecular weight is 492 g/mol. The van der Waals surface area contributed by atoms with Crippen molar-refractivity contribution >= 4 is 29.6 Å². The summed E-state index contributed by atoms with van der Waals surface area (Å²) < 4.78 is 10.1. The summed E-state index contributed by atoms with van der Waals surface area (Å²) in [6.45, 7) is 6.55. The summed E-state index contributed by atoms with van der Waals surface area (Å²) in [5, 5.41) is 5.27. The third-order valence-electron chi connectivity index (χ3n) is 5.53. The molecule has 0 atom stereocenters. The van der Waals surface area contributed by atoms with Crippen LogP contribution in [0.15, 0.2) is 72.8 Å². The number of benzene rings is 3. The number of ether oxygens (including phenoxy) is 1. The van der Waals surface area contributed by atoms with Crippen molar-refractivity contribution in [1.82, 2.24) is 14.3 Å². The Balaban J connectivity index is 1.68. The Kier molecular flexibility index (Phi) is 7.29. The van der Waals surface area contributed by atoms with Gasteiger partial charge in [0.25, 0.3) is 0 Å². The predicted octanol–water partition coefficient (Wildman–Crippen LogP) is 6.95. The van der Waals surface area contributed by atoms with Gasteiger partial charge in [0, 0.05) is 16.3 Å². The molecule has 0 aliphatic heterocycles. The van der Waals surface area contributed by atoms with E-state index in [2.05, 4.69) is 31.1 Å². The molecule has 4 rings (SSSR count). The number of Topliss-reactive ketones (excluding diaryl/α,β-unsaturated/α-hetero) is 1. The monoisotopic (exact) mass is 491 g/mol. The Morgan fingerprint density at radius 1 is 1.06 bits per heavy atom. The van der Waals surface area contributed by atoms with Gasteiger partial charge < -0.3 is 4.74 Å². The van der Waals surface area contributed by atoms with E-state index in [4.69, 9.17) is 28.6 Å². The van der Waals surface area contributed by atoms with Crippen LogP contribution in [0.2, 0.25) is 5.02 Å². The number of aryl methyl sites for hydroxylation is 1. The van der Waals surface area contributed by atoms with E-state index in [0.29, 0.717) is 27.1 Å². The largest absolute Gasteiger partial charge is 0.485 e. The number of hydrogen-bond donors (Lipinski definition) is 0. The van der Waals surface area contributed by atoms with E-state index < -0.39 is 0 Å². The number of halogens is 1. The third-order valence-corrected chi connectivity index (χ3v) is 6.17. The quantitative estimate of drug-likeness (QED) is 0.197. The molecule has 0 fully saturated rings. The molecule has 0 saturated carbocycles. The predicted molar refractivity (Wildman–Crippen MR) is 138 cm³/mol. The summed E-state index contributed by atoms with van der Waals surface area (Å²) in [6, 6.07) is 22.8. The molecule has 0 radical (unpaired) electrons. The molecule has 3 aromatic carbocycles. The molecule has 0 unspecified atom stereocenters. The van der Waals surface area contributed by atoms with Gasteiger partial charge in [0.1, 0.15) is 18.9 Å². The van der Waals surface area contributed by atoms with Gasteiger partial charge in [0.2, 0.25) is 4.77 Å². The number of aromatic nitrogens is 3. The Hall–Kier alpha value is -3.22. The fraction of sp³-hybridized carbons (Fsp3) is 0.222. The van der Waals surface area contributed by atoms with Crippen LogP contribution in [0, 0.1) is 11.7 Å². The number of ketones is 1. The van der Waals surface area contributed by atoms with Gasteiger partial charge in [-0.25, -0.2) is 4.68 Å². The minimum absolute atomic E-state index is 0.0228. The van der Waals surface area contributed by atoms with E-state index in [9.17, 15) is 4.79 Å². The van der Waals surface area contributed by atoms with Crippen molar-refractivity contribution in [2.75, 3.05) is 0 Å². The van der Waals surface area contributed by atoms with Crippen LogP contribution in [0.4, 0.5) is 0 Å². The lowest BCUT2D eigenvalue weighted by Gasteiger charge is -2.15. The van der Waals surface area contributed by atoms with Crippen LogP contribution in [-0.2, 0) is 13.2 Å². The van der Waals surface area contributed by atoms with Crippen LogP contribution in [0.3, 0.4) is 0 Å². The van der Waals surface area contributed by atoms with Crippen molar-refractivity contribution < 1.29 is 9.53 Å². The zero-order valence-corrected chi connectivity index (χ0v) is 20.9. The summed E-state index contributed by atoms with van der Waals surface area (Å²) in [4.78, 5) is 12.9. The fourth-order valence-electron chi connectivity index (χ4n) is 3.73. The second-order valence-corrected chi connectivity index (χ2v) is 9.24. The van der Waals surface area contributed by atoms with Crippen LogP contribution < -0.4 is 4.74 Å². The lowest BCUT2D eigenvalue weighted by Crippen LogP contribution is -2.12. The minimum Gasteiger partial charge on any atom is -0.485 e. The molecule has 174 valence electrons. The zero-order valence-electron chi connectivity index (χ0n) is 19.4. The van der Waals surface area contributed by atoms with Gasteiger partial charge in [0.05, 0.1) is 0 Å². The summed E-state index contributed by atoms with van der Waals surface area (Å²) in [6.07, 6.45) is 0. The van der Waals surface area contributed by atoms with Gasteiger partial charge in [-0.05, 0) is 78.7 Å². The average Bonchev–Trinajstić information content (AvgIpc) is 3.13. The highest BCUT2D eigenvalue weighted by Crippen LogP contribution is 2.28. The topological polar surface area (TPSA) is 49.1 Å². The Morgan fingerprint density at radius 2 is 1.76 bits per heavy atom. The highest BCUT2D eigenvalue weighted by Gasteiger charge is 2.17. The van der Waals surface area contributed by atoms with Crippen molar-refractivity contribution in [3.05, 3.63) is 105 Å². The Labute approximate surface area is 209 Å². The van der Waals surface area contributed by atoms with E-state index >= 15 is 0 Å². The molecule has 0 spiro atoms. The standard InChI is InChI=1S/C27H26ClN3O2S/c1-18(2)23-14-9-19(3)15-25(23)33-17-26-29-30(16-24(32)20-10-12-21(28)13-11-20)27(34)31(26)22-7-5-4-6-8-22/h4-15,18H,16-17H2,1-3H3. The molecule has 1 aromatic heterocycles. The maximum absolute atomic E-state index is 12.9. The number of nitrogens with zero attached hydrogens (tertiary/aromatic N) is 3. The molecule has 5 nitrogen and oxygen atoms in total. The fourth-order valence-corrected chi connectivity index (χ4v) is 4.18. The van der Waals surface area contributed by atoms with Gasteiger partial charge in [0.15, 0.2) is 11.6 Å².